The van der Waals surface area contributed by atoms with Gasteiger partial charge in [0.05, 0.1) is 7.11 Å². The van der Waals surface area contributed by atoms with Crippen LogP contribution in [0.1, 0.15) is 58.5 Å². The number of nitrogens with zero attached hydrogens (tertiary/aromatic N) is 1. The van der Waals surface area contributed by atoms with Gasteiger partial charge in [0.1, 0.15) is 5.75 Å². The number of ether oxygens (including phenoxy) is 1. The second kappa shape index (κ2) is 7.98. The lowest BCUT2D eigenvalue weighted by Crippen LogP contribution is -2.43. The van der Waals surface area contributed by atoms with E-state index < -0.39 is 0 Å². The maximum atomic E-state index is 13.1. The van der Waals surface area contributed by atoms with E-state index in [9.17, 15) is 9.59 Å². The molecule has 2 aromatic rings. The number of carbonyl (C=O) groups is 2. The summed E-state index contributed by atoms with van der Waals surface area (Å²) in [4.78, 5) is 27.7. The van der Waals surface area contributed by atoms with Gasteiger partial charge < -0.3 is 15.0 Å². The molecular formula is C25H28N2O3. The Morgan fingerprint density at radius 2 is 1.80 bits per heavy atom. The van der Waals surface area contributed by atoms with Gasteiger partial charge in [0.2, 0.25) is 0 Å². The van der Waals surface area contributed by atoms with Gasteiger partial charge in [-0.25, -0.2) is 0 Å². The van der Waals surface area contributed by atoms with Crippen LogP contribution in [-0.2, 0) is 6.42 Å². The van der Waals surface area contributed by atoms with Crippen molar-refractivity contribution in [2.75, 3.05) is 20.2 Å². The Hall–Kier alpha value is -3.08. The highest BCUT2D eigenvalue weighted by molar-refractivity contribution is 6.10. The maximum Gasteiger partial charge on any atom is 0.253 e. The number of hydrogen-bond acceptors (Lipinski definition) is 4. The minimum atomic E-state index is -0.165. The largest absolute Gasteiger partial charge is 0.497 e. The Labute approximate surface area is 177 Å². The van der Waals surface area contributed by atoms with Crippen LogP contribution in [0.3, 0.4) is 0 Å². The molecule has 1 amide bonds. The summed E-state index contributed by atoms with van der Waals surface area (Å²) in [6.07, 6.45) is 4.58. The topological polar surface area (TPSA) is 58.6 Å². The number of nitrogens with one attached hydrogen (secondary N) is 1. The lowest BCUT2D eigenvalue weighted by molar-refractivity contribution is 0.0793. The summed E-state index contributed by atoms with van der Waals surface area (Å²) in [6.45, 7) is 5.82. The standard InChI is InChI=1S/C25H28N2O3/c1-25(2)16-19-9-10-20(30-3)14-21(19)22(26-25)15-23(28)17-7-6-8-18(13-17)24(29)27-11-4-5-12-27/h6-10,13-15,26H,4-5,11-12,16H2,1-3H3. The summed E-state index contributed by atoms with van der Waals surface area (Å²) in [6, 6.07) is 13.0. The molecule has 0 aliphatic carbocycles. The predicted molar refractivity (Wildman–Crippen MR) is 118 cm³/mol. The molecule has 0 spiro atoms. The molecule has 0 bridgehead atoms. The van der Waals surface area contributed by atoms with Gasteiger partial charge in [0.15, 0.2) is 5.78 Å². The molecule has 2 heterocycles. The molecule has 0 atom stereocenters. The van der Waals surface area contributed by atoms with E-state index in [1.54, 1.807) is 37.5 Å². The van der Waals surface area contributed by atoms with Gasteiger partial charge in [-0.15, -0.1) is 0 Å². The minimum absolute atomic E-state index is 0.00168. The van der Waals surface area contributed by atoms with Gasteiger partial charge in [-0.1, -0.05) is 18.2 Å². The number of allylic oxidation sites excluding steroid dienone is 1. The fraction of sp³-hybridized carbons (Fsp3) is 0.360. The summed E-state index contributed by atoms with van der Waals surface area (Å²) in [5.41, 5.74) is 3.85. The van der Waals surface area contributed by atoms with E-state index in [-0.39, 0.29) is 17.2 Å². The van der Waals surface area contributed by atoms with Crippen LogP contribution < -0.4 is 10.1 Å². The summed E-state index contributed by atoms with van der Waals surface area (Å²) < 4.78 is 5.38. The first-order valence-electron chi connectivity index (χ1n) is 10.5. The Kier molecular flexibility index (Phi) is 5.37. The van der Waals surface area contributed by atoms with Crippen molar-refractivity contribution in [1.82, 2.24) is 10.2 Å². The van der Waals surface area contributed by atoms with Crippen LogP contribution in [-0.4, -0.2) is 42.3 Å². The molecule has 1 saturated heterocycles. The molecule has 2 aliphatic rings. The lowest BCUT2D eigenvalue weighted by atomic mass is 9.85. The zero-order valence-corrected chi connectivity index (χ0v) is 17.8. The zero-order chi connectivity index (χ0) is 21.3. The van der Waals surface area contributed by atoms with Gasteiger partial charge in [-0.2, -0.15) is 0 Å². The van der Waals surface area contributed by atoms with Gasteiger partial charge in [0, 0.05) is 47.1 Å². The molecule has 2 aliphatic heterocycles. The van der Waals surface area contributed by atoms with Crippen molar-refractivity contribution in [2.45, 2.75) is 38.6 Å². The number of likely N-dealkylation sites (tertiary alicyclic amines) is 1. The smallest absolute Gasteiger partial charge is 0.253 e. The molecule has 30 heavy (non-hydrogen) atoms. The lowest BCUT2D eigenvalue weighted by Gasteiger charge is -2.35. The third-order valence-electron chi connectivity index (χ3n) is 5.78. The van der Waals surface area contributed by atoms with Crippen molar-refractivity contribution in [3.63, 3.8) is 0 Å². The van der Waals surface area contributed by atoms with E-state index in [0.717, 1.165) is 49.4 Å². The Bertz CT molecular complexity index is 1020. The fourth-order valence-electron chi connectivity index (χ4n) is 4.28. The molecule has 1 N–H and O–H groups in total. The number of fused-ring (bicyclic) bond motifs is 1. The average Bonchev–Trinajstić information content (AvgIpc) is 3.27. The molecule has 0 unspecified atom stereocenters. The molecule has 0 radical (unpaired) electrons. The molecule has 1 fully saturated rings. The number of methoxy groups -OCH3 is 1. The highest BCUT2D eigenvalue weighted by Crippen LogP contribution is 2.32. The molecule has 5 heteroatoms. The van der Waals surface area contributed by atoms with Crippen LogP contribution in [0, 0.1) is 0 Å². The highest BCUT2D eigenvalue weighted by atomic mass is 16.5. The van der Waals surface area contributed by atoms with E-state index in [2.05, 4.69) is 25.2 Å². The number of benzene rings is 2. The van der Waals surface area contributed by atoms with Crippen LogP contribution in [0.2, 0.25) is 0 Å². The quantitative estimate of drug-likeness (QED) is 0.616. The highest BCUT2D eigenvalue weighted by Gasteiger charge is 2.28. The minimum Gasteiger partial charge on any atom is -0.497 e. The number of amides is 1. The van der Waals surface area contributed by atoms with Crippen molar-refractivity contribution >= 4 is 17.4 Å². The summed E-state index contributed by atoms with van der Waals surface area (Å²) in [5.74, 6) is 0.633. The number of ketones is 1. The van der Waals surface area contributed by atoms with E-state index in [1.807, 2.05) is 17.0 Å². The summed E-state index contributed by atoms with van der Waals surface area (Å²) in [5, 5.41) is 3.49. The second-order valence-corrected chi connectivity index (χ2v) is 8.71. The third-order valence-corrected chi connectivity index (χ3v) is 5.78. The van der Waals surface area contributed by atoms with Crippen LogP contribution in [0.15, 0.2) is 48.5 Å². The van der Waals surface area contributed by atoms with E-state index in [1.165, 1.54) is 5.56 Å². The fourth-order valence-corrected chi connectivity index (χ4v) is 4.28. The third kappa shape index (κ3) is 4.11. The number of hydrogen-bond donors (Lipinski definition) is 1. The van der Waals surface area contributed by atoms with Crippen molar-refractivity contribution in [1.29, 1.82) is 0 Å². The van der Waals surface area contributed by atoms with E-state index in [0.29, 0.717) is 11.1 Å². The Morgan fingerprint density at radius 3 is 2.53 bits per heavy atom. The van der Waals surface area contributed by atoms with Crippen molar-refractivity contribution in [3.8, 4) is 5.75 Å². The Morgan fingerprint density at radius 1 is 1.07 bits per heavy atom. The van der Waals surface area contributed by atoms with Crippen molar-refractivity contribution in [3.05, 3.63) is 70.8 Å². The summed E-state index contributed by atoms with van der Waals surface area (Å²) in [7, 11) is 1.64. The first kappa shape index (κ1) is 20.2. The van der Waals surface area contributed by atoms with Crippen molar-refractivity contribution in [2.24, 2.45) is 0 Å². The van der Waals surface area contributed by atoms with Gasteiger partial charge in [-0.05, 0) is 62.9 Å². The second-order valence-electron chi connectivity index (χ2n) is 8.71. The van der Waals surface area contributed by atoms with Crippen molar-refractivity contribution < 1.29 is 14.3 Å². The zero-order valence-electron chi connectivity index (χ0n) is 17.8. The average molecular weight is 405 g/mol. The van der Waals surface area contributed by atoms with Gasteiger partial charge in [-0.3, -0.25) is 9.59 Å². The predicted octanol–water partition coefficient (Wildman–Crippen LogP) is 4.08. The SMILES string of the molecule is COc1ccc2c(c1)C(=CC(=O)c1cccc(C(=O)N3CCCC3)c1)NC(C)(C)C2. The molecule has 0 aromatic heterocycles. The maximum absolute atomic E-state index is 13.1. The number of carbonyl (C=O) groups excluding carboxylic acids is 2. The van der Waals surface area contributed by atoms with Crippen LogP contribution in [0.25, 0.3) is 5.70 Å². The molecular weight excluding hydrogens is 376 g/mol. The van der Waals surface area contributed by atoms with Crippen LogP contribution >= 0.6 is 0 Å². The molecule has 156 valence electrons. The molecule has 2 aromatic carbocycles. The first-order valence-corrected chi connectivity index (χ1v) is 10.5. The van der Waals surface area contributed by atoms with Crippen LogP contribution in [0.4, 0.5) is 0 Å². The van der Waals surface area contributed by atoms with Gasteiger partial charge >= 0.3 is 0 Å². The van der Waals surface area contributed by atoms with E-state index >= 15 is 0 Å². The van der Waals surface area contributed by atoms with Crippen LogP contribution in [0.5, 0.6) is 5.75 Å². The molecule has 5 nitrogen and oxygen atoms in total. The summed E-state index contributed by atoms with van der Waals surface area (Å²) >= 11 is 0. The number of rotatable bonds is 4. The Balaban J connectivity index is 1.66. The normalized spacial score (nSPS) is 18.6. The van der Waals surface area contributed by atoms with E-state index in [4.69, 9.17) is 4.74 Å². The van der Waals surface area contributed by atoms with Gasteiger partial charge in [0.25, 0.3) is 5.91 Å². The molecule has 0 saturated carbocycles. The monoisotopic (exact) mass is 404 g/mol. The molecule has 4 rings (SSSR count). The first-order chi connectivity index (χ1) is 14.4.